The molecule has 0 spiro atoms. The van der Waals surface area contributed by atoms with Gasteiger partial charge in [0, 0.05) is 41.2 Å². The lowest BCUT2D eigenvalue weighted by atomic mass is 10.0. The van der Waals surface area contributed by atoms with Crippen molar-refractivity contribution in [2.45, 2.75) is 32.0 Å². The van der Waals surface area contributed by atoms with E-state index in [1.54, 1.807) is 30.7 Å². The first-order valence-corrected chi connectivity index (χ1v) is 9.43. The Morgan fingerprint density at radius 2 is 2.10 bits per heavy atom. The zero-order valence-corrected chi connectivity index (χ0v) is 16.0. The topological polar surface area (TPSA) is 88.0 Å². The van der Waals surface area contributed by atoms with Crippen LogP contribution in [-0.2, 0) is 4.79 Å². The number of anilines is 1. The highest BCUT2D eigenvalue weighted by Gasteiger charge is 2.43. The lowest BCUT2D eigenvalue weighted by Gasteiger charge is -2.12. The number of carbonyl (C=O) groups is 1. The van der Waals surface area contributed by atoms with Crippen molar-refractivity contribution in [2.75, 3.05) is 5.32 Å². The third-order valence-corrected chi connectivity index (χ3v) is 5.04. The lowest BCUT2D eigenvalue weighted by molar-refractivity contribution is -0.117. The SMILES string of the molecule is C=CCC(O)c1cc(C)c(-c2cnc3cc(NC(=O)[C@H]4C[C@H]4F)ncc3c2)cn1. The van der Waals surface area contributed by atoms with E-state index in [1.807, 2.05) is 19.1 Å². The van der Waals surface area contributed by atoms with Gasteiger partial charge in [-0.15, -0.1) is 6.58 Å². The molecule has 1 aliphatic carbocycles. The Morgan fingerprint density at radius 3 is 2.79 bits per heavy atom. The molecule has 0 saturated heterocycles. The number of nitrogens with one attached hydrogen (secondary N) is 1. The summed E-state index contributed by atoms with van der Waals surface area (Å²) in [6.45, 7) is 5.59. The van der Waals surface area contributed by atoms with E-state index in [-0.39, 0.29) is 12.3 Å². The first-order chi connectivity index (χ1) is 14.0. The molecule has 0 aromatic carbocycles. The fourth-order valence-electron chi connectivity index (χ4n) is 3.23. The molecule has 1 unspecified atom stereocenters. The minimum atomic E-state index is -1.04. The molecule has 148 valence electrons. The Bertz CT molecular complexity index is 1100. The van der Waals surface area contributed by atoms with Gasteiger partial charge in [-0.1, -0.05) is 6.08 Å². The maximum Gasteiger partial charge on any atom is 0.231 e. The van der Waals surface area contributed by atoms with Gasteiger partial charge in [-0.25, -0.2) is 9.37 Å². The van der Waals surface area contributed by atoms with Crippen LogP contribution in [0.15, 0.2) is 49.4 Å². The van der Waals surface area contributed by atoms with Crippen molar-refractivity contribution in [2.24, 2.45) is 5.92 Å². The molecule has 0 bridgehead atoms. The largest absolute Gasteiger partial charge is 0.386 e. The molecule has 7 heteroatoms. The number of pyridine rings is 3. The maximum absolute atomic E-state index is 13.0. The van der Waals surface area contributed by atoms with Gasteiger partial charge in [0.1, 0.15) is 12.0 Å². The number of hydrogen-bond donors (Lipinski definition) is 2. The molecular formula is C22H21FN4O2. The number of aliphatic hydroxyl groups excluding tert-OH is 1. The summed E-state index contributed by atoms with van der Waals surface area (Å²) < 4.78 is 13.0. The first-order valence-electron chi connectivity index (χ1n) is 9.43. The van der Waals surface area contributed by atoms with E-state index < -0.39 is 18.2 Å². The number of carbonyl (C=O) groups excluding carboxylic acids is 1. The second kappa shape index (κ2) is 7.67. The standard InChI is InChI=1S/C22H21FN4O2/c1-3-4-20(28)19-5-12(2)16(11-25-19)13-6-14-10-26-21(8-18(14)24-9-13)27-22(29)15-7-17(15)23/h3,5-6,8-11,15,17,20,28H,1,4,7H2,2H3,(H,26,27,29)/t15-,17+,20?/m0/s1. The average Bonchev–Trinajstić information content (AvgIpc) is 3.44. The second-order valence-corrected chi connectivity index (χ2v) is 7.30. The highest BCUT2D eigenvalue weighted by Crippen LogP contribution is 2.34. The summed E-state index contributed by atoms with van der Waals surface area (Å²) in [6.07, 6.45) is 5.76. The highest BCUT2D eigenvalue weighted by molar-refractivity contribution is 5.95. The normalized spacial score (nSPS) is 19.0. The van der Waals surface area contributed by atoms with Gasteiger partial charge in [0.25, 0.3) is 0 Å². The molecule has 6 nitrogen and oxygen atoms in total. The van der Waals surface area contributed by atoms with Crippen LogP contribution in [0.2, 0.25) is 0 Å². The summed E-state index contributed by atoms with van der Waals surface area (Å²) in [5.41, 5.74) is 4.04. The second-order valence-electron chi connectivity index (χ2n) is 7.30. The molecule has 29 heavy (non-hydrogen) atoms. The van der Waals surface area contributed by atoms with E-state index in [4.69, 9.17) is 0 Å². The van der Waals surface area contributed by atoms with Crippen molar-refractivity contribution in [3.63, 3.8) is 0 Å². The van der Waals surface area contributed by atoms with Crippen LogP contribution in [0.4, 0.5) is 10.2 Å². The Morgan fingerprint density at radius 1 is 1.31 bits per heavy atom. The zero-order valence-electron chi connectivity index (χ0n) is 16.0. The molecule has 3 atom stereocenters. The van der Waals surface area contributed by atoms with Crippen LogP contribution in [0, 0.1) is 12.8 Å². The summed E-state index contributed by atoms with van der Waals surface area (Å²) in [4.78, 5) is 25.0. The van der Waals surface area contributed by atoms with Gasteiger partial charge in [-0.3, -0.25) is 14.8 Å². The molecule has 3 heterocycles. The number of aryl methyl sites for hydroxylation is 1. The Balaban J connectivity index is 1.58. The number of rotatable bonds is 6. The van der Waals surface area contributed by atoms with Crippen LogP contribution >= 0.6 is 0 Å². The van der Waals surface area contributed by atoms with Crippen LogP contribution in [0.1, 0.15) is 30.2 Å². The minimum Gasteiger partial charge on any atom is -0.386 e. The molecule has 1 aliphatic rings. The van der Waals surface area contributed by atoms with E-state index in [0.717, 1.165) is 22.1 Å². The van der Waals surface area contributed by atoms with E-state index in [0.29, 0.717) is 23.4 Å². The first kappa shape index (κ1) is 19.1. The summed E-state index contributed by atoms with van der Waals surface area (Å²) in [6, 6.07) is 5.48. The van der Waals surface area contributed by atoms with Crippen molar-refractivity contribution in [3.05, 3.63) is 60.7 Å². The Kier molecular flexibility index (Phi) is 5.07. The van der Waals surface area contributed by atoms with Crippen molar-refractivity contribution < 1.29 is 14.3 Å². The number of hydrogen-bond acceptors (Lipinski definition) is 5. The molecule has 4 rings (SSSR count). The maximum atomic E-state index is 13.0. The van der Waals surface area contributed by atoms with Crippen LogP contribution in [0.5, 0.6) is 0 Å². The monoisotopic (exact) mass is 392 g/mol. The summed E-state index contributed by atoms with van der Waals surface area (Å²) in [5.74, 6) is -0.548. The van der Waals surface area contributed by atoms with Crippen LogP contribution in [0.3, 0.4) is 0 Å². The quantitative estimate of drug-likeness (QED) is 0.621. The molecule has 0 radical (unpaired) electrons. The number of amides is 1. The van der Waals surface area contributed by atoms with Crippen molar-refractivity contribution in [1.82, 2.24) is 15.0 Å². The molecular weight excluding hydrogens is 371 g/mol. The fourth-order valence-corrected chi connectivity index (χ4v) is 3.23. The lowest BCUT2D eigenvalue weighted by Crippen LogP contribution is -2.15. The van der Waals surface area contributed by atoms with E-state index in [9.17, 15) is 14.3 Å². The molecule has 1 saturated carbocycles. The Labute approximate surface area is 167 Å². The molecule has 0 aliphatic heterocycles. The third-order valence-electron chi connectivity index (χ3n) is 5.04. The number of alkyl halides is 1. The highest BCUT2D eigenvalue weighted by atomic mass is 19.1. The van der Waals surface area contributed by atoms with Crippen molar-refractivity contribution >= 4 is 22.6 Å². The van der Waals surface area contributed by atoms with Crippen LogP contribution in [0.25, 0.3) is 22.0 Å². The molecule has 2 N–H and O–H groups in total. The van der Waals surface area contributed by atoms with Gasteiger partial charge in [0.2, 0.25) is 5.91 Å². The predicted octanol–water partition coefficient (Wildman–Crippen LogP) is 3.91. The number of aliphatic hydroxyl groups is 1. The van der Waals surface area contributed by atoms with Gasteiger partial charge in [-0.2, -0.15) is 0 Å². The van der Waals surface area contributed by atoms with E-state index in [2.05, 4.69) is 26.8 Å². The van der Waals surface area contributed by atoms with Crippen LogP contribution in [-0.4, -0.2) is 32.1 Å². The van der Waals surface area contributed by atoms with Crippen molar-refractivity contribution in [1.29, 1.82) is 0 Å². The van der Waals surface area contributed by atoms with Gasteiger partial charge < -0.3 is 10.4 Å². The number of aromatic nitrogens is 3. The van der Waals surface area contributed by atoms with Gasteiger partial charge in [0.15, 0.2) is 0 Å². The Hall–Kier alpha value is -3.19. The number of halogens is 1. The number of fused-ring (bicyclic) bond motifs is 1. The fraction of sp³-hybridized carbons (Fsp3) is 0.273. The summed E-state index contributed by atoms with van der Waals surface area (Å²) >= 11 is 0. The molecule has 3 aromatic rings. The zero-order chi connectivity index (χ0) is 20.5. The summed E-state index contributed by atoms with van der Waals surface area (Å²) in [5, 5.41) is 13.5. The molecule has 3 aromatic heterocycles. The average molecular weight is 392 g/mol. The van der Waals surface area contributed by atoms with E-state index >= 15 is 0 Å². The minimum absolute atomic E-state index is 0.276. The smallest absolute Gasteiger partial charge is 0.231 e. The van der Waals surface area contributed by atoms with Gasteiger partial charge in [-0.05, 0) is 37.5 Å². The van der Waals surface area contributed by atoms with Gasteiger partial charge in [0.05, 0.1) is 23.2 Å². The van der Waals surface area contributed by atoms with Crippen molar-refractivity contribution in [3.8, 4) is 11.1 Å². The van der Waals surface area contributed by atoms with E-state index in [1.165, 1.54) is 0 Å². The molecule has 1 fully saturated rings. The van der Waals surface area contributed by atoms with Crippen LogP contribution < -0.4 is 5.32 Å². The van der Waals surface area contributed by atoms with Gasteiger partial charge >= 0.3 is 0 Å². The third kappa shape index (κ3) is 4.00. The molecule has 1 amide bonds. The summed E-state index contributed by atoms with van der Waals surface area (Å²) in [7, 11) is 0. The predicted molar refractivity (Wildman–Crippen MR) is 109 cm³/mol. The number of nitrogens with zero attached hydrogens (tertiary/aromatic N) is 3.